The zero-order chi connectivity index (χ0) is 14.0. The Balaban J connectivity index is 2.49. The van der Waals surface area contributed by atoms with E-state index in [1.54, 1.807) is 12.1 Å². The summed E-state index contributed by atoms with van der Waals surface area (Å²) >= 11 is 3.38. The van der Waals surface area contributed by atoms with Gasteiger partial charge in [0, 0.05) is 10.0 Å². The molecule has 0 heterocycles. The van der Waals surface area contributed by atoms with Crippen LogP contribution in [0, 0.1) is 12.7 Å². The van der Waals surface area contributed by atoms with Crippen LogP contribution >= 0.6 is 15.9 Å². The van der Waals surface area contributed by atoms with Gasteiger partial charge in [0.05, 0.1) is 12.7 Å². The first-order chi connectivity index (χ1) is 9.02. The van der Waals surface area contributed by atoms with Crippen molar-refractivity contribution in [3.63, 3.8) is 0 Å². The molecule has 0 unspecified atom stereocenters. The molecule has 0 atom stereocenters. The quantitative estimate of drug-likeness (QED) is 0.794. The Morgan fingerprint density at radius 1 is 1.21 bits per heavy atom. The molecular formula is C15H12BrFO2. The number of carbonyl (C=O) groups excluding carboxylic acids is 1. The number of aryl methyl sites for hydroxylation is 1. The van der Waals surface area contributed by atoms with Crippen LogP contribution in [0.15, 0.2) is 40.9 Å². The van der Waals surface area contributed by atoms with Crippen LogP contribution < -0.4 is 4.74 Å². The number of ether oxygens (including phenoxy) is 1. The van der Waals surface area contributed by atoms with Gasteiger partial charge in [-0.05, 0) is 36.8 Å². The lowest BCUT2D eigenvalue weighted by Gasteiger charge is -2.08. The second-order valence-electron chi connectivity index (χ2n) is 4.14. The molecule has 2 nitrogen and oxygen atoms in total. The highest BCUT2D eigenvalue weighted by Gasteiger charge is 2.16. The van der Waals surface area contributed by atoms with Crippen LogP contribution in [0.2, 0.25) is 0 Å². The van der Waals surface area contributed by atoms with Crippen LogP contribution in [0.3, 0.4) is 0 Å². The monoisotopic (exact) mass is 322 g/mol. The third-order valence-electron chi connectivity index (χ3n) is 2.84. The van der Waals surface area contributed by atoms with Crippen LogP contribution in [-0.2, 0) is 0 Å². The fraction of sp³-hybridized carbons (Fsp3) is 0.133. The molecule has 2 rings (SSSR count). The van der Waals surface area contributed by atoms with Crippen molar-refractivity contribution in [2.24, 2.45) is 0 Å². The van der Waals surface area contributed by atoms with E-state index in [4.69, 9.17) is 4.74 Å². The summed E-state index contributed by atoms with van der Waals surface area (Å²) in [6.07, 6.45) is 0. The molecular weight excluding hydrogens is 311 g/mol. The first kappa shape index (κ1) is 13.7. The number of ketones is 1. The number of halogens is 2. The van der Waals surface area contributed by atoms with Gasteiger partial charge in [-0.3, -0.25) is 4.79 Å². The fourth-order valence-corrected chi connectivity index (χ4v) is 2.13. The number of carbonyl (C=O) groups is 1. The Bertz CT molecular complexity index is 638. The molecule has 0 saturated heterocycles. The number of rotatable bonds is 3. The fourth-order valence-electron chi connectivity index (χ4n) is 1.75. The van der Waals surface area contributed by atoms with Gasteiger partial charge in [0.25, 0.3) is 0 Å². The lowest BCUT2D eigenvalue weighted by atomic mass is 10.0. The minimum atomic E-state index is -0.463. The van der Waals surface area contributed by atoms with E-state index in [0.717, 1.165) is 10.0 Å². The molecule has 0 aliphatic rings. The highest BCUT2D eigenvalue weighted by molar-refractivity contribution is 9.10. The van der Waals surface area contributed by atoms with Crippen LogP contribution in [0.1, 0.15) is 21.5 Å². The molecule has 0 saturated carbocycles. The van der Waals surface area contributed by atoms with Gasteiger partial charge in [0.15, 0.2) is 5.78 Å². The van der Waals surface area contributed by atoms with Crippen molar-refractivity contribution in [3.8, 4) is 5.75 Å². The van der Waals surface area contributed by atoms with Crippen molar-refractivity contribution in [1.29, 1.82) is 0 Å². The van der Waals surface area contributed by atoms with E-state index in [1.807, 2.05) is 13.0 Å². The second kappa shape index (κ2) is 5.53. The summed E-state index contributed by atoms with van der Waals surface area (Å²) in [5.74, 6) is -0.365. The SMILES string of the molecule is COc1ccc(F)cc1C(=O)c1ccc(C)c(Br)c1. The summed E-state index contributed by atoms with van der Waals surface area (Å²) in [4.78, 5) is 12.4. The van der Waals surface area contributed by atoms with E-state index in [9.17, 15) is 9.18 Å². The van der Waals surface area contributed by atoms with Gasteiger partial charge in [-0.2, -0.15) is 0 Å². The molecule has 0 aromatic heterocycles. The highest BCUT2D eigenvalue weighted by Crippen LogP contribution is 2.25. The van der Waals surface area contributed by atoms with Crippen LogP contribution in [0.5, 0.6) is 5.75 Å². The minimum Gasteiger partial charge on any atom is -0.496 e. The largest absolute Gasteiger partial charge is 0.496 e. The molecule has 0 amide bonds. The van der Waals surface area contributed by atoms with Gasteiger partial charge >= 0.3 is 0 Å². The van der Waals surface area contributed by atoms with E-state index in [-0.39, 0.29) is 11.3 Å². The van der Waals surface area contributed by atoms with E-state index < -0.39 is 5.82 Å². The van der Waals surface area contributed by atoms with Crippen LogP contribution in [0.4, 0.5) is 4.39 Å². The van der Waals surface area contributed by atoms with Crippen molar-refractivity contribution in [2.75, 3.05) is 7.11 Å². The van der Waals surface area contributed by atoms with Gasteiger partial charge in [-0.1, -0.05) is 28.1 Å². The van der Waals surface area contributed by atoms with Crippen molar-refractivity contribution in [1.82, 2.24) is 0 Å². The van der Waals surface area contributed by atoms with E-state index in [1.165, 1.54) is 25.3 Å². The Kier molecular flexibility index (Phi) is 4.00. The van der Waals surface area contributed by atoms with Crippen molar-refractivity contribution >= 4 is 21.7 Å². The molecule has 0 aliphatic heterocycles. The standard InChI is InChI=1S/C15H12BrFO2/c1-9-3-4-10(7-13(9)16)15(18)12-8-11(17)5-6-14(12)19-2/h3-8H,1-2H3. The maximum atomic E-state index is 13.3. The van der Waals surface area contributed by atoms with Gasteiger partial charge in [-0.15, -0.1) is 0 Å². The Morgan fingerprint density at radius 2 is 1.95 bits per heavy atom. The zero-order valence-corrected chi connectivity index (χ0v) is 12.1. The predicted molar refractivity (Wildman–Crippen MR) is 75.3 cm³/mol. The maximum Gasteiger partial charge on any atom is 0.196 e. The van der Waals surface area contributed by atoms with E-state index in [0.29, 0.717) is 11.3 Å². The summed E-state index contributed by atoms with van der Waals surface area (Å²) in [6.45, 7) is 1.93. The van der Waals surface area contributed by atoms with Crippen LogP contribution in [0.25, 0.3) is 0 Å². The molecule has 0 radical (unpaired) electrons. The Morgan fingerprint density at radius 3 is 2.58 bits per heavy atom. The average Bonchev–Trinajstić information content (AvgIpc) is 2.41. The average molecular weight is 323 g/mol. The summed E-state index contributed by atoms with van der Waals surface area (Å²) < 4.78 is 19.2. The number of hydrogen-bond acceptors (Lipinski definition) is 2. The Hall–Kier alpha value is -1.68. The predicted octanol–water partition coefficient (Wildman–Crippen LogP) is 4.14. The molecule has 98 valence electrons. The zero-order valence-electron chi connectivity index (χ0n) is 10.5. The topological polar surface area (TPSA) is 26.3 Å². The summed E-state index contributed by atoms with van der Waals surface area (Å²) in [7, 11) is 1.45. The van der Waals surface area contributed by atoms with Crippen molar-refractivity contribution in [2.45, 2.75) is 6.92 Å². The molecule has 0 bridgehead atoms. The third-order valence-corrected chi connectivity index (χ3v) is 3.69. The molecule has 4 heteroatoms. The smallest absolute Gasteiger partial charge is 0.196 e. The first-order valence-electron chi connectivity index (χ1n) is 5.67. The van der Waals surface area contributed by atoms with Crippen LogP contribution in [-0.4, -0.2) is 12.9 Å². The Labute approximate surface area is 119 Å². The summed E-state index contributed by atoms with van der Waals surface area (Å²) in [5.41, 5.74) is 1.74. The molecule has 2 aromatic rings. The lowest BCUT2D eigenvalue weighted by molar-refractivity contribution is 0.103. The highest BCUT2D eigenvalue weighted by atomic mass is 79.9. The van der Waals surface area contributed by atoms with Crippen molar-refractivity contribution < 1.29 is 13.9 Å². The number of hydrogen-bond donors (Lipinski definition) is 0. The second-order valence-corrected chi connectivity index (χ2v) is 4.99. The third kappa shape index (κ3) is 2.84. The van der Waals surface area contributed by atoms with E-state index in [2.05, 4.69) is 15.9 Å². The minimum absolute atomic E-state index is 0.221. The first-order valence-corrected chi connectivity index (χ1v) is 6.46. The lowest BCUT2D eigenvalue weighted by Crippen LogP contribution is -2.05. The molecule has 19 heavy (non-hydrogen) atoms. The molecule has 2 aromatic carbocycles. The normalized spacial score (nSPS) is 10.3. The van der Waals surface area contributed by atoms with Gasteiger partial charge in [-0.25, -0.2) is 4.39 Å². The van der Waals surface area contributed by atoms with Gasteiger partial charge in [0.1, 0.15) is 11.6 Å². The number of methoxy groups -OCH3 is 1. The molecule has 0 N–H and O–H groups in total. The molecule has 0 spiro atoms. The maximum absolute atomic E-state index is 13.3. The van der Waals surface area contributed by atoms with Gasteiger partial charge < -0.3 is 4.74 Å². The van der Waals surface area contributed by atoms with Gasteiger partial charge in [0.2, 0.25) is 0 Å². The summed E-state index contributed by atoms with van der Waals surface area (Å²) in [5, 5.41) is 0. The van der Waals surface area contributed by atoms with E-state index >= 15 is 0 Å². The number of benzene rings is 2. The molecule has 0 aliphatic carbocycles. The van der Waals surface area contributed by atoms with Crippen molar-refractivity contribution in [3.05, 3.63) is 63.4 Å². The summed E-state index contributed by atoms with van der Waals surface area (Å²) in [6, 6.07) is 9.18. The molecule has 0 fully saturated rings.